The van der Waals surface area contributed by atoms with Crippen molar-refractivity contribution >= 4 is 18.1 Å². The molecule has 0 radical (unpaired) electrons. The summed E-state index contributed by atoms with van der Waals surface area (Å²) in [6.07, 6.45) is 4.24. The van der Waals surface area contributed by atoms with Crippen molar-refractivity contribution in [2.24, 2.45) is 0 Å². The van der Waals surface area contributed by atoms with E-state index in [4.69, 9.17) is 0 Å². The second-order valence-electron chi connectivity index (χ2n) is 5.01. The first-order valence-corrected chi connectivity index (χ1v) is 7.71. The molecule has 0 unspecified atom stereocenters. The van der Waals surface area contributed by atoms with E-state index >= 15 is 0 Å². The van der Waals surface area contributed by atoms with Crippen molar-refractivity contribution < 1.29 is 9.53 Å². The first-order valence-electron chi connectivity index (χ1n) is 7.71. The smallest absolute Gasteiger partial charge is 0.337 e. The molecular weight excluding hydrogens is 296 g/mol. The van der Waals surface area contributed by atoms with Crippen LogP contribution in [0.25, 0.3) is 12.2 Å². The highest BCUT2D eigenvalue weighted by Gasteiger charge is 2.00. The third-order valence-corrected chi connectivity index (χ3v) is 3.26. The van der Waals surface area contributed by atoms with Gasteiger partial charge in [0, 0.05) is 0 Å². The van der Waals surface area contributed by atoms with Crippen LogP contribution in [0.1, 0.15) is 21.5 Å². The van der Waals surface area contributed by atoms with Crippen LogP contribution in [0.15, 0.2) is 91.0 Å². The molecule has 24 heavy (non-hydrogen) atoms. The van der Waals surface area contributed by atoms with Crippen molar-refractivity contribution in [3.63, 3.8) is 0 Å². The van der Waals surface area contributed by atoms with Gasteiger partial charge in [-0.25, -0.2) is 4.79 Å². The molecule has 0 aromatic heterocycles. The molecule has 120 valence electrons. The molecule has 0 N–H and O–H groups in total. The monoisotopic (exact) mass is 316 g/mol. The molecule has 0 heterocycles. The number of carbonyl (C=O) groups is 1. The fourth-order valence-electron chi connectivity index (χ4n) is 2.01. The molecule has 0 aliphatic rings. The number of esters is 1. The van der Waals surface area contributed by atoms with Crippen LogP contribution < -0.4 is 0 Å². The van der Waals surface area contributed by atoms with Crippen LogP contribution in [0, 0.1) is 0 Å². The average molecular weight is 316 g/mol. The molecule has 2 heteroatoms. The second-order valence-corrected chi connectivity index (χ2v) is 5.01. The lowest BCUT2D eigenvalue weighted by atomic mass is 10.1. The van der Waals surface area contributed by atoms with Gasteiger partial charge < -0.3 is 4.74 Å². The van der Waals surface area contributed by atoms with Gasteiger partial charge in [0.1, 0.15) is 0 Å². The summed E-state index contributed by atoms with van der Waals surface area (Å²) in [4.78, 5) is 10.8. The van der Waals surface area contributed by atoms with Gasteiger partial charge in [-0.3, -0.25) is 0 Å². The fraction of sp³-hybridized carbons (Fsp3) is 0.0455. The number of hydrogen-bond donors (Lipinski definition) is 0. The predicted octanol–water partition coefficient (Wildman–Crippen LogP) is 5.33. The Kier molecular flexibility index (Phi) is 7.03. The summed E-state index contributed by atoms with van der Waals surface area (Å²) in [6.45, 7) is 0. The Morgan fingerprint density at radius 2 is 1.04 bits per heavy atom. The molecule has 3 rings (SSSR count). The van der Waals surface area contributed by atoms with Crippen LogP contribution >= 0.6 is 0 Å². The summed E-state index contributed by atoms with van der Waals surface area (Å²) in [5.74, 6) is -0.291. The highest BCUT2D eigenvalue weighted by Crippen LogP contribution is 2.07. The topological polar surface area (TPSA) is 26.3 Å². The molecule has 3 aromatic rings. The van der Waals surface area contributed by atoms with Crippen molar-refractivity contribution in [1.29, 1.82) is 0 Å². The van der Waals surface area contributed by atoms with E-state index in [1.165, 1.54) is 18.2 Å². The Hall–Kier alpha value is -3.13. The quantitative estimate of drug-likeness (QED) is 0.482. The Labute approximate surface area is 143 Å². The van der Waals surface area contributed by atoms with Gasteiger partial charge in [0.25, 0.3) is 0 Å². The summed E-state index contributed by atoms with van der Waals surface area (Å²) in [5, 5.41) is 0. The Morgan fingerprint density at radius 3 is 1.42 bits per heavy atom. The van der Waals surface area contributed by atoms with Gasteiger partial charge in [0.15, 0.2) is 0 Å². The third-order valence-electron chi connectivity index (χ3n) is 3.26. The minimum absolute atomic E-state index is 0.291. The van der Waals surface area contributed by atoms with Crippen LogP contribution in [0.2, 0.25) is 0 Å². The van der Waals surface area contributed by atoms with E-state index in [9.17, 15) is 4.79 Å². The van der Waals surface area contributed by atoms with E-state index in [1.54, 1.807) is 24.3 Å². The maximum absolute atomic E-state index is 10.8. The average Bonchev–Trinajstić information content (AvgIpc) is 2.68. The zero-order chi connectivity index (χ0) is 17.0. The van der Waals surface area contributed by atoms with Gasteiger partial charge in [-0.1, -0.05) is 91.0 Å². The van der Waals surface area contributed by atoms with Gasteiger partial charge in [-0.15, -0.1) is 0 Å². The number of ether oxygens (including phenoxy) is 1. The van der Waals surface area contributed by atoms with Crippen molar-refractivity contribution in [3.8, 4) is 0 Å². The van der Waals surface area contributed by atoms with E-state index in [2.05, 4.69) is 41.2 Å². The van der Waals surface area contributed by atoms with Gasteiger partial charge in [0.05, 0.1) is 12.7 Å². The molecule has 3 aromatic carbocycles. The van der Waals surface area contributed by atoms with Crippen LogP contribution in [-0.4, -0.2) is 13.1 Å². The van der Waals surface area contributed by atoms with Gasteiger partial charge >= 0.3 is 5.97 Å². The van der Waals surface area contributed by atoms with Crippen molar-refractivity contribution in [2.45, 2.75) is 0 Å². The number of methoxy groups -OCH3 is 1. The molecule has 0 aliphatic heterocycles. The van der Waals surface area contributed by atoms with Gasteiger partial charge in [-0.05, 0) is 23.3 Å². The van der Waals surface area contributed by atoms with E-state index in [1.807, 2.05) is 42.5 Å². The number of hydrogen-bond acceptors (Lipinski definition) is 2. The van der Waals surface area contributed by atoms with Gasteiger partial charge in [0.2, 0.25) is 0 Å². The summed E-state index contributed by atoms with van der Waals surface area (Å²) in [7, 11) is 1.37. The van der Waals surface area contributed by atoms with Crippen LogP contribution in [-0.2, 0) is 4.74 Å². The van der Waals surface area contributed by atoms with E-state index < -0.39 is 0 Å². The predicted molar refractivity (Wildman–Crippen MR) is 99.6 cm³/mol. The fourth-order valence-corrected chi connectivity index (χ4v) is 2.01. The SMILES string of the molecule is C(=C\c1ccccc1)/c1ccccc1.COC(=O)c1ccccc1. The van der Waals surface area contributed by atoms with Crippen LogP contribution in [0.3, 0.4) is 0 Å². The second kappa shape index (κ2) is 9.80. The molecule has 0 saturated carbocycles. The van der Waals surface area contributed by atoms with Crippen molar-refractivity contribution in [2.75, 3.05) is 7.11 Å². The summed E-state index contributed by atoms with van der Waals surface area (Å²) in [6, 6.07) is 29.5. The molecule has 0 saturated heterocycles. The van der Waals surface area contributed by atoms with E-state index in [0.717, 1.165) is 0 Å². The Balaban J connectivity index is 0.000000185. The summed E-state index contributed by atoms with van der Waals surface area (Å²) < 4.78 is 4.50. The molecule has 0 fully saturated rings. The summed E-state index contributed by atoms with van der Waals surface area (Å²) >= 11 is 0. The number of benzene rings is 3. The first-order chi connectivity index (χ1) is 11.8. The molecule has 0 amide bonds. The molecule has 0 spiro atoms. The molecule has 0 atom stereocenters. The lowest BCUT2D eigenvalue weighted by molar-refractivity contribution is 0.0600. The maximum Gasteiger partial charge on any atom is 0.337 e. The highest BCUT2D eigenvalue weighted by molar-refractivity contribution is 5.89. The molecule has 0 bridgehead atoms. The number of rotatable bonds is 3. The molecule has 0 aliphatic carbocycles. The minimum Gasteiger partial charge on any atom is -0.465 e. The largest absolute Gasteiger partial charge is 0.465 e. The highest BCUT2D eigenvalue weighted by atomic mass is 16.5. The third kappa shape index (κ3) is 5.93. The zero-order valence-corrected chi connectivity index (χ0v) is 13.6. The van der Waals surface area contributed by atoms with E-state index in [0.29, 0.717) is 5.56 Å². The van der Waals surface area contributed by atoms with Crippen LogP contribution in [0.5, 0.6) is 0 Å². The van der Waals surface area contributed by atoms with Crippen LogP contribution in [0.4, 0.5) is 0 Å². The van der Waals surface area contributed by atoms with Gasteiger partial charge in [-0.2, -0.15) is 0 Å². The Bertz CT molecular complexity index is 706. The first kappa shape index (κ1) is 17.2. The lowest BCUT2D eigenvalue weighted by Gasteiger charge is -1.95. The standard InChI is InChI=1S/C14H12.C8H8O2/c1-3-7-13(8-4-1)11-12-14-9-5-2-6-10-14;1-10-8(9)7-5-3-2-4-6-7/h1-12H;2-6H,1H3/b12-11+;. The summed E-state index contributed by atoms with van der Waals surface area (Å²) in [5.41, 5.74) is 3.05. The number of carbonyl (C=O) groups excluding carboxylic acids is 1. The molecular formula is C22H20O2. The van der Waals surface area contributed by atoms with Crippen molar-refractivity contribution in [1.82, 2.24) is 0 Å². The van der Waals surface area contributed by atoms with Crippen molar-refractivity contribution in [3.05, 3.63) is 108 Å². The normalized spacial score (nSPS) is 9.88. The minimum atomic E-state index is -0.291. The Morgan fingerprint density at radius 1 is 0.667 bits per heavy atom. The lowest BCUT2D eigenvalue weighted by Crippen LogP contribution is -1.99. The molecule has 2 nitrogen and oxygen atoms in total. The maximum atomic E-state index is 10.8. The van der Waals surface area contributed by atoms with E-state index in [-0.39, 0.29) is 5.97 Å². The zero-order valence-electron chi connectivity index (χ0n) is 13.6.